The zero-order valence-electron chi connectivity index (χ0n) is 12.2. The van der Waals surface area contributed by atoms with Crippen LogP contribution in [0.1, 0.15) is 5.56 Å². The third-order valence-corrected chi connectivity index (χ3v) is 4.30. The predicted molar refractivity (Wildman–Crippen MR) is 91.5 cm³/mol. The monoisotopic (exact) mass is 301 g/mol. The molecule has 0 aromatic heterocycles. The van der Waals surface area contributed by atoms with Gasteiger partial charge in [0.2, 0.25) is 0 Å². The number of nitrogens with zero attached hydrogens (tertiary/aromatic N) is 2. The zero-order chi connectivity index (χ0) is 14.8. The second-order valence-electron chi connectivity index (χ2n) is 5.50. The number of hydrogen-bond donors (Lipinski definition) is 1. The van der Waals surface area contributed by atoms with E-state index in [0.717, 1.165) is 36.9 Å². The van der Waals surface area contributed by atoms with E-state index in [4.69, 9.17) is 17.3 Å². The second kappa shape index (κ2) is 5.86. The van der Waals surface area contributed by atoms with Crippen LogP contribution in [0, 0.1) is 6.92 Å². The number of aryl methyl sites for hydroxylation is 1. The number of nitrogen functional groups attached to an aromatic ring is 1. The highest BCUT2D eigenvalue weighted by Crippen LogP contribution is 2.26. The summed E-state index contributed by atoms with van der Waals surface area (Å²) < 4.78 is 0. The van der Waals surface area contributed by atoms with Crippen LogP contribution in [0.3, 0.4) is 0 Å². The van der Waals surface area contributed by atoms with Gasteiger partial charge in [-0.05, 0) is 48.9 Å². The molecule has 2 aromatic rings. The van der Waals surface area contributed by atoms with Crippen molar-refractivity contribution < 1.29 is 0 Å². The third kappa shape index (κ3) is 3.08. The Morgan fingerprint density at radius 3 is 2.19 bits per heavy atom. The molecule has 110 valence electrons. The van der Waals surface area contributed by atoms with Crippen LogP contribution in [0.2, 0.25) is 5.02 Å². The fourth-order valence-electron chi connectivity index (χ4n) is 2.82. The molecular formula is C17H20ClN3. The summed E-state index contributed by atoms with van der Waals surface area (Å²) in [6.45, 7) is 6.17. The Labute approximate surface area is 130 Å². The SMILES string of the molecule is Cc1ccc(N)cc1N1CCN(c2ccc(Cl)cc2)CC1. The third-order valence-electron chi connectivity index (χ3n) is 4.05. The van der Waals surface area contributed by atoms with Gasteiger partial charge in [0.15, 0.2) is 0 Å². The zero-order valence-corrected chi connectivity index (χ0v) is 13.0. The van der Waals surface area contributed by atoms with Crippen molar-refractivity contribution in [3.63, 3.8) is 0 Å². The number of benzene rings is 2. The standard InChI is InChI=1S/C17H20ClN3/c1-13-2-5-15(19)12-17(13)21-10-8-20(9-11-21)16-6-3-14(18)4-7-16/h2-7,12H,8-11,19H2,1H3. The Hall–Kier alpha value is -1.87. The van der Waals surface area contributed by atoms with Crippen molar-refractivity contribution in [2.75, 3.05) is 41.7 Å². The Kier molecular flexibility index (Phi) is 3.93. The number of nitrogens with two attached hydrogens (primary N) is 1. The molecule has 0 saturated carbocycles. The Morgan fingerprint density at radius 2 is 1.52 bits per heavy atom. The minimum Gasteiger partial charge on any atom is -0.399 e. The first-order valence-corrected chi connectivity index (χ1v) is 7.63. The largest absolute Gasteiger partial charge is 0.399 e. The highest BCUT2D eigenvalue weighted by Gasteiger charge is 2.18. The highest BCUT2D eigenvalue weighted by molar-refractivity contribution is 6.30. The minimum atomic E-state index is 0.785. The van der Waals surface area contributed by atoms with Crippen LogP contribution < -0.4 is 15.5 Å². The summed E-state index contributed by atoms with van der Waals surface area (Å²) in [5.74, 6) is 0. The van der Waals surface area contributed by atoms with E-state index in [0.29, 0.717) is 0 Å². The van der Waals surface area contributed by atoms with Gasteiger partial charge >= 0.3 is 0 Å². The van der Waals surface area contributed by atoms with Gasteiger partial charge in [0.1, 0.15) is 0 Å². The maximum atomic E-state index is 5.95. The van der Waals surface area contributed by atoms with Crippen molar-refractivity contribution in [3.8, 4) is 0 Å². The molecule has 0 bridgehead atoms. The first-order valence-electron chi connectivity index (χ1n) is 7.25. The van der Waals surface area contributed by atoms with Gasteiger partial charge in [-0.1, -0.05) is 17.7 Å². The average molecular weight is 302 g/mol. The van der Waals surface area contributed by atoms with Crippen LogP contribution in [0.25, 0.3) is 0 Å². The van der Waals surface area contributed by atoms with Crippen LogP contribution in [0.15, 0.2) is 42.5 Å². The molecule has 1 saturated heterocycles. The lowest BCUT2D eigenvalue weighted by Gasteiger charge is -2.38. The molecule has 0 unspecified atom stereocenters. The van der Waals surface area contributed by atoms with E-state index in [1.807, 2.05) is 18.2 Å². The molecule has 4 heteroatoms. The molecule has 3 rings (SSSR count). The summed E-state index contributed by atoms with van der Waals surface area (Å²) in [5, 5.41) is 0.785. The first-order chi connectivity index (χ1) is 10.1. The van der Waals surface area contributed by atoms with Crippen molar-refractivity contribution in [1.82, 2.24) is 0 Å². The molecular weight excluding hydrogens is 282 g/mol. The summed E-state index contributed by atoms with van der Waals surface area (Å²) in [5.41, 5.74) is 10.5. The first kappa shape index (κ1) is 14.1. The normalized spacial score (nSPS) is 15.3. The molecule has 0 aliphatic carbocycles. The van der Waals surface area contributed by atoms with Crippen LogP contribution in [0.5, 0.6) is 0 Å². The molecule has 3 nitrogen and oxygen atoms in total. The Morgan fingerprint density at radius 1 is 0.905 bits per heavy atom. The summed E-state index contributed by atoms with van der Waals surface area (Å²) in [7, 11) is 0. The Balaban J connectivity index is 1.70. The molecule has 1 aliphatic heterocycles. The van der Waals surface area contributed by atoms with Gasteiger partial charge in [-0.3, -0.25) is 0 Å². The Bertz CT molecular complexity index is 616. The minimum absolute atomic E-state index is 0.785. The maximum Gasteiger partial charge on any atom is 0.0417 e. The van der Waals surface area contributed by atoms with Gasteiger partial charge in [-0.2, -0.15) is 0 Å². The maximum absolute atomic E-state index is 5.95. The number of rotatable bonds is 2. The van der Waals surface area contributed by atoms with E-state index in [-0.39, 0.29) is 0 Å². The molecule has 0 radical (unpaired) electrons. The quantitative estimate of drug-likeness (QED) is 0.861. The van der Waals surface area contributed by atoms with E-state index in [9.17, 15) is 0 Å². The fraction of sp³-hybridized carbons (Fsp3) is 0.294. The van der Waals surface area contributed by atoms with Gasteiger partial charge in [0, 0.05) is 48.3 Å². The van der Waals surface area contributed by atoms with Gasteiger partial charge in [-0.15, -0.1) is 0 Å². The molecule has 0 spiro atoms. The molecule has 0 amide bonds. The van der Waals surface area contributed by atoms with Gasteiger partial charge < -0.3 is 15.5 Å². The molecule has 1 aliphatic rings. The van der Waals surface area contributed by atoms with E-state index < -0.39 is 0 Å². The summed E-state index contributed by atoms with van der Waals surface area (Å²) in [6, 6.07) is 14.2. The lowest BCUT2D eigenvalue weighted by atomic mass is 10.1. The van der Waals surface area contributed by atoms with E-state index >= 15 is 0 Å². The molecule has 0 atom stereocenters. The molecule has 2 aromatic carbocycles. The summed E-state index contributed by atoms with van der Waals surface area (Å²) in [4.78, 5) is 4.81. The number of anilines is 3. The van der Waals surface area contributed by atoms with Gasteiger partial charge in [0.05, 0.1) is 0 Å². The van der Waals surface area contributed by atoms with Crippen molar-refractivity contribution >= 4 is 28.7 Å². The van der Waals surface area contributed by atoms with Gasteiger partial charge in [0.25, 0.3) is 0 Å². The summed E-state index contributed by atoms with van der Waals surface area (Å²) in [6.07, 6.45) is 0. The number of piperazine rings is 1. The second-order valence-corrected chi connectivity index (χ2v) is 5.93. The molecule has 21 heavy (non-hydrogen) atoms. The van der Waals surface area contributed by atoms with Crippen molar-refractivity contribution in [2.24, 2.45) is 0 Å². The molecule has 1 fully saturated rings. The predicted octanol–water partition coefficient (Wildman–Crippen LogP) is 3.56. The van der Waals surface area contributed by atoms with Gasteiger partial charge in [-0.25, -0.2) is 0 Å². The average Bonchev–Trinajstić information content (AvgIpc) is 2.51. The lowest BCUT2D eigenvalue weighted by molar-refractivity contribution is 0.652. The van der Waals surface area contributed by atoms with Crippen LogP contribution >= 0.6 is 11.6 Å². The lowest BCUT2D eigenvalue weighted by Crippen LogP contribution is -2.46. The molecule has 2 N–H and O–H groups in total. The van der Waals surface area contributed by atoms with Crippen molar-refractivity contribution in [3.05, 3.63) is 53.1 Å². The number of hydrogen-bond acceptors (Lipinski definition) is 3. The molecule has 1 heterocycles. The van der Waals surface area contributed by atoms with E-state index in [1.165, 1.54) is 16.9 Å². The summed E-state index contributed by atoms with van der Waals surface area (Å²) >= 11 is 5.95. The fourth-order valence-corrected chi connectivity index (χ4v) is 2.95. The smallest absolute Gasteiger partial charge is 0.0417 e. The highest BCUT2D eigenvalue weighted by atomic mass is 35.5. The number of halogens is 1. The topological polar surface area (TPSA) is 32.5 Å². The van der Waals surface area contributed by atoms with E-state index in [1.54, 1.807) is 0 Å². The van der Waals surface area contributed by atoms with Crippen LogP contribution in [-0.2, 0) is 0 Å². The van der Waals surface area contributed by atoms with Crippen LogP contribution in [-0.4, -0.2) is 26.2 Å². The van der Waals surface area contributed by atoms with Crippen molar-refractivity contribution in [2.45, 2.75) is 6.92 Å². The van der Waals surface area contributed by atoms with Crippen molar-refractivity contribution in [1.29, 1.82) is 0 Å². The van der Waals surface area contributed by atoms with E-state index in [2.05, 4.69) is 41.0 Å². The van der Waals surface area contributed by atoms with Crippen LogP contribution in [0.4, 0.5) is 17.1 Å².